The third-order valence-electron chi connectivity index (χ3n) is 2.06. The molecule has 1 aromatic rings. The van der Waals surface area contributed by atoms with Crippen molar-refractivity contribution in [2.75, 3.05) is 6.61 Å². The maximum atomic E-state index is 11.8. The second kappa shape index (κ2) is 6.50. The summed E-state index contributed by atoms with van der Waals surface area (Å²) in [7, 11) is -3.52. The fourth-order valence-electron chi connectivity index (χ4n) is 1.28. The van der Waals surface area contributed by atoms with Crippen LogP contribution in [-0.2, 0) is 14.8 Å². The van der Waals surface area contributed by atoms with E-state index in [1.165, 1.54) is 24.3 Å². The van der Waals surface area contributed by atoms with Crippen LogP contribution in [0.15, 0.2) is 29.2 Å². The highest BCUT2D eigenvalue weighted by Gasteiger charge is 2.15. The Hall–Kier alpha value is -1.64. The monoisotopic (exact) mass is 287 g/mol. The summed E-state index contributed by atoms with van der Waals surface area (Å²) in [6.45, 7) is 3.24. The smallest absolute Gasteiger partial charge is 0.271 e. The molecule has 0 aromatic heterocycles. The molecule has 19 heavy (non-hydrogen) atoms. The highest BCUT2D eigenvalue weighted by molar-refractivity contribution is 7.89. The van der Waals surface area contributed by atoms with E-state index in [4.69, 9.17) is 10.6 Å². The Bertz CT molecular complexity index is 525. The Morgan fingerprint density at radius 1 is 1.32 bits per heavy atom. The van der Waals surface area contributed by atoms with E-state index in [1.807, 2.05) is 5.43 Å². The van der Waals surface area contributed by atoms with Crippen LogP contribution in [-0.4, -0.2) is 27.0 Å². The van der Waals surface area contributed by atoms with Crippen molar-refractivity contribution in [2.24, 2.45) is 5.84 Å². The quantitative estimate of drug-likeness (QED) is 0.379. The zero-order valence-electron chi connectivity index (χ0n) is 10.7. The fraction of sp³-hybridized carbons (Fsp3) is 0.364. The van der Waals surface area contributed by atoms with E-state index in [9.17, 15) is 13.2 Å². The Morgan fingerprint density at radius 2 is 1.89 bits per heavy atom. The zero-order chi connectivity index (χ0) is 14.5. The van der Waals surface area contributed by atoms with Crippen LogP contribution in [0, 0.1) is 0 Å². The lowest BCUT2D eigenvalue weighted by Gasteiger charge is -2.10. The molecule has 0 fully saturated rings. The molecule has 0 bridgehead atoms. The summed E-state index contributed by atoms with van der Waals surface area (Å²) in [6.07, 6.45) is 0. The van der Waals surface area contributed by atoms with Crippen LogP contribution in [0.3, 0.4) is 0 Å². The zero-order valence-corrected chi connectivity index (χ0v) is 11.5. The molecule has 0 aliphatic rings. The number of amides is 1. The second-order valence-corrected chi connectivity index (χ2v) is 5.82. The SMILES string of the molecule is CC(C)NS(=O)(=O)c1ccc(OCC(=O)NN)cc1. The minimum Gasteiger partial charge on any atom is -0.484 e. The van der Waals surface area contributed by atoms with Gasteiger partial charge in [0.2, 0.25) is 10.0 Å². The summed E-state index contributed by atoms with van der Waals surface area (Å²) in [5.41, 5.74) is 1.92. The molecule has 0 saturated carbocycles. The van der Waals surface area contributed by atoms with Gasteiger partial charge in [0.1, 0.15) is 5.75 Å². The average molecular weight is 287 g/mol. The second-order valence-electron chi connectivity index (χ2n) is 4.10. The van der Waals surface area contributed by atoms with Crippen LogP contribution in [0.25, 0.3) is 0 Å². The van der Waals surface area contributed by atoms with Gasteiger partial charge in [0, 0.05) is 6.04 Å². The number of ether oxygens (including phenoxy) is 1. The number of nitrogens with two attached hydrogens (primary N) is 1. The van der Waals surface area contributed by atoms with Gasteiger partial charge in [0.15, 0.2) is 6.61 Å². The lowest BCUT2D eigenvalue weighted by atomic mass is 10.3. The molecule has 0 aliphatic heterocycles. The fourth-order valence-corrected chi connectivity index (χ4v) is 2.53. The van der Waals surface area contributed by atoms with Crippen molar-refractivity contribution < 1.29 is 17.9 Å². The summed E-state index contributed by atoms with van der Waals surface area (Å²) in [5, 5.41) is 0. The summed E-state index contributed by atoms with van der Waals surface area (Å²) in [4.78, 5) is 11.0. The molecule has 8 heteroatoms. The predicted octanol–water partition coefficient (Wildman–Crippen LogP) is -0.258. The van der Waals surface area contributed by atoms with Crippen molar-refractivity contribution in [1.29, 1.82) is 0 Å². The van der Waals surface area contributed by atoms with E-state index >= 15 is 0 Å². The van der Waals surface area contributed by atoms with Gasteiger partial charge >= 0.3 is 0 Å². The molecule has 0 aliphatic carbocycles. The molecule has 1 aromatic carbocycles. The van der Waals surface area contributed by atoms with Crippen molar-refractivity contribution >= 4 is 15.9 Å². The topological polar surface area (TPSA) is 111 Å². The maximum Gasteiger partial charge on any atom is 0.271 e. The standard InChI is InChI=1S/C11H17N3O4S/c1-8(2)14-19(16,17)10-5-3-9(4-6-10)18-7-11(15)13-12/h3-6,8,14H,7,12H2,1-2H3,(H,13,15). The lowest BCUT2D eigenvalue weighted by molar-refractivity contribution is -0.123. The first-order valence-corrected chi connectivity index (χ1v) is 7.08. The predicted molar refractivity (Wildman–Crippen MR) is 69.7 cm³/mol. The van der Waals surface area contributed by atoms with Crippen molar-refractivity contribution in [3.63, 3.8) is 0 Å². The average Bonchev–Trinajstić information content (AvgIpc) is 2.35. The highest BCUT2D eigenvalue weighted by Crippen LogP contribution is 2.16. The number of rotatable bonds is 6. The molecule has 7 nitrogen and oxygen atoms in total. The van der Waals surface area contributed by atoms with E-state index in [0.717, 1.165) is 0 Å². The Balaban J connectivity index is 2.74. The van der Waals surface area contributed by atoms with Crippen LogP contribution in [0.4, 0.5) is 0 Å². The number of hydrazine groups is 1. The minimum absolute atomic E-state index is 0.136. The first-order chi connectivity index (χ1) is 8.85. The van der Waals surface area contributed by atoms with Crippen LogP contribution in [0.5, 0.6) is 5.75 Å². The number of carbonyl (C=O) groups excluding carboxylic acids is 1. The number of hydrogen-bond donors (Lipinski definition) is 3. The van der Waals surface area contributed by atoms with E-state index in [0.29, 0.717) is 5.75 Å². The van der Waals surface area contributed by atoms with Crippen LogP contribution in [0.2, 0.25) is 0 Å². The molecule has 1 rings (SSSR count). The van der Waals surface area contributed by atoms with Gasteiger partial charge in [-0.15, -0.1) is 0 Å². The molecule has 0 atom stereocenters. The van der Waals surface area contributed by atoms with E-state index < -0.39 is 15.9 Å². The summed E-state index contributed by atoms with van der Waals surface area (Å²) in [5.74, 6) is 4.80. The van der Waals surface area contributed by atoms with Crippen molar-refractivity contribution in [2.45, 2.75) is 24.8 Å². The van der Waals surface area contributed by atoms with Crippen LogP contribution < -0.4 is 20.7 Å². The summed E-state index contributed by atoms with van der Waals surface area (Å²) >= 11 is 0. The van der Waals surface area contributed by atoms with Crippen LogP contribution in [0.1, 0.15) is 13.8 Å². The maximum absolute atomic E-state index is 11.8. The van der Waals surface area contributed by atoms with E-state index in [1.54, 1.807) is 13.8 Å². The van der Waals surface area contributed by atoms with Crippen molar-refractivity contribution in [3.05, 3.63) is 24.3 Å². The Labute approximate surface area is 112 Å². The van der Waals surface area contributed by atoms with Crippen LogP contribution >= 0.6 is 0 Å². The summed E-state index contributed by atoms with van der Waals surface area (Å²) in [6, 6.07) is 5.56. The molecule has 4 N–H and O–H groups in total. The number of nitrogens with one attached hydrogen (secondary N) is 2. The number of benzene rings is 1. The third kappa shape index (κ3) is 4.86. The number of carbonyl (C=O) groups is 1. The van der Waals surface area contributed by atoms with Gasteiger partial charge in [-0.1, -0.05) is 0 Å². The largest absolute Gasteiger partial charge is 0.484 e. The molecule has 0 radical (unpaired) electrons. The number of sulfonamides is 1. The molecule has 0 spiro atoms. The van der Waals surface area contributed by atoms with Gasteiger partial charge < -0.3 is 4.74 Å². The Kier molecular flexibility index (Phi) is 5.28. The van der Waals surface area contributed by atoms with E-state index in [-0.39, 0.29) is 17.5 Å². The first kappa shape index (κ1) is 15.4. The molecule has 0 unspecified atom stereocenters. The van der Waals surface area contributed by atoms with Gasteiger partial charge in [0.05, 0.1) is 4.90 Å². The number of hydrogen-bond acceptors (Lipinski definition) is 5. The van der Waals surface area contributed by atoms with Gasteiger partial charge in [0.25, 0.3) is 5.91 Å². The molecule has 0 saturated heterocycles. The van der Waals surface area contributed by atoms with Gasteiger partial charge in [-0.2, -0.15) is 0 Å². The molecule has 0 heterocycles. The van der Waals surface area contributed by atoms with Gasteiger partial charge in [-0.05, 0) is 38.1 Å². The normalized spacial score (nSPS) is 11.4. The first-order valence-electron chi connectivity index (χ1n) is 5.60. The molecular weight excluding hydrogens is 270 g/mol. The summed E-state index contributed by atoms with van der Waals surface area (Å²) < 4.78 is 31.2. The minimum atomic E-state index is -3.52. The molecule has 1 amide bonds. The van der Waals surface area contributed by atoms with Gasteiger partial charge in [-0.25, -0.2) is 19.0 Å². The van der Waals surface area contributed by atoms with Crippen molar-refractivity contribution in [1.82, 2.24) is 10.1 Å². The lowest BCUT2D eigenvalue weighted by Crippen LogP contribution is -2.34. The van der Waals surface area contributed by atoms with E-state index in [2.05, 4.69) is 4.72 Å². The van der Waals surface area contributed by atoms with Crippen molar-refractivity contribution in [3.8, 4) is 5.75 Å². The molecular formula is C11H17N3O4S. The third-order valence-corrected chi connectivity index (χ3v) is 3.73. The molecule has 106 valence electrons. The van der Waals surface area contributed by atoms with Gasteiger partial charge in [-0.3, -0.25) is 10.2 Å². The highest BCUT2D eigenvalue weighted by atomic mass is 32.2. The Morgan fingerprint density at radius 3 is 2.37 bits per heavy atom.